The van der Waals surface area contributed by atoms with Crippen molar-refractivity contribution < 1.29 is 32.3 Å². The number of carbonyl (C=O) groups is 3. The van der Waals surface area contributed by atoms with Crippen molar-refractivity contribution in [2.75, 3.05) is 63.5 Å². The first-order valence-corrected chi connectivity index (χ1v) is 18.5. The van der Waals surface area contributed by atoms with Crippen LogP contribution in [0.25, 0.3) is 0 Å². The van der Waals surface area contributed by atoms with Crippen LogP contribution < -0.4 is 10.6 Å². The lowest BCUT2D eigenvalue weighted by atomic mass is 9.98. The molecule has 1 aromatic carbocycles. The number of urea groups is 1. The Morgan fingerprint density at radius 3 is 2.33 bits per heavy atom. The lowest BCUT2D eigenvalue weighted by molar-refractivity contribution is -0.142. The van der Waals surface area contributed by atoms with E-state index < -0.39 is 29.8 Å². The number of carbonyl (C=O) groups excluding carboxylic acids is 3. The van der Waals surface area contributed by atoms with Crippen LogP contribution in [-0.4, -0.2) is 109 Å². The fourth-order valence-electron chi connectivity index (χ4n) is 7.65. The highest BCUT2D eigenvalue weighted by atomic mass is 35.5. The zero-order chi connectivity index (χ0) is 34.7. The predicted octanol–water partition coefficient (Wildman–Crippen LogP) is 6.54. The van der Waals surface area contributed by atoms with E-state index in [2.05, 4.69) is 15.5 Å². The summed E-state index contributed by atoms with van der Waals surface area (Å²) in [4.78, 5) is 48.1. The quantitative estimate of drug-likeness (QED) is 0.337. The Hall–Kier alpha value is -3.23. The van der Waals surface area contributed by atoms with Crippen LogP contribution in [0.1, 0.15) is 61.6 Å². The molecule has 10 nitrogen and oxygen atoms in total. The third-order valence-corrected chi connectivity index (χ3v) is 11.4. The van der Waals surface area contributed by atoms with Crippen LogP contribution in [0.4, 0.5) is 34.1 Å². The number of hydrogen-bond donors (Lipinski definition) is 2. The number of ether oxygens (including phenoxy) is 1. The zero-order valence-electron chi connectivity index (χ0n) is 27.7. The van der Waals surface area contributed by atoms with Crippen molar-refractivity contribution in [3.05, 3.63) is 44.6 Å². The van der Waals surface area contributed by atoms with Crippen LogP contribution in [0.5, 0.6) is 0 Å². The van der Waals surface area contributed by atoms with Gasteiger partial charge in [0.15, 0.2) is 6.10 Å². The summed E-state index contributed by atoms with van der Waals surface area (Å²) in [6, 6.07) is 2.51. The van der Waals surface area contributed by atoms with Crippen molar-refractivity contribution in [1.29, 1.82) is 0 Å². The van der Waals surface area contributed by atoms with Gasteiger partial charge in [-0.05, 0) is 86.7 Å². The summed E-state index contributed by atoms with van der Waals surface area (Å²) in [7, 11) is 1.36. The summed E-state index contributed by atoms with van der Waals surface area (Å²) in [6.07, 6.45) is 0.00239. The molecular formula is C34H44ClF3N6O4S. The molecule has 0 saturated carbocycles. The van der Waals surface area contributed by atoms with Gasteiger partial charge in [0.25, 0.3) is 5.91 Å². The van der Waals surface area contributed by atoms with Gasteiger partial charge in [-0.15, -0.1) is 11.3 Å². The molecule has 4 amide bonds. The van der Waals surface area contributed by atoms with E-state index in [0.29, 0.717) is 51.6 Å². The summed E-state index contributed by atoms with van der Waals surface area (Å²) in [5.41, 5.74) is 0.887. The Kier molecular flexibility index (Phi) is 11.1. The van der Waals surface area contributed by atoms with E-state index in [1.807, 2.05) is 15.7 Å². The zero-order valence-corrected chi connectivity index (χ0v) is 29.3. The predicted molar refractivity (Wildman–Crippen MR) is 183 cm³/mol. The molecule has 4 aliphatic heterocycles. The third-order valence-electron chi connectivity index (χ3n) is 10.4. The molecule has 0 spiro atoms. The number of piperidine rings is 3. The van der Waals surface area contributed by atoms with Crippen molar-refractivity contribution in [2.24, 2.45) is 0 Å². The van der Waals surface area contributed by atoms with Crippen LogP contribution in [0.3, 0.4) is 0 Å². The SMILES string of the molecule is CNc1c(Cl)cc(C[C@@H](OC(=O)N2CCC(N3CCc4cscc4NC3=O)CC2)C(=O)N2CCC(N3CCCCC3)CC2)cc1C(F)(F)F. The van der Waals surface area contributed by atoms with E-state index in [1.165, 1.54) is 37.3 Å². The fraction of sp³-hybridized carbons (Fsp3) is 0.618. The second-order valence-corrected chi connectivity index (χ2v) is 14.5. The number of alkyl halides is 3. The molecule has 49 heavy (non-hydrogen) atoms. The number of halogens is 4. The molecule has 268 valence electrons. The highest BCUT2D eigenvalue weighted by Gasteiger charge is 2.38. The number of thiophene rings is 1. The smallest absolute Gasteiger partial charge is 0.418 e. The summed E-state index contributed by atoms with van der Waals surface area (Å²) in [5.74, 6) is -0.420. The number of rotatable bonds is 7. The minimum absolute atomic E-state index is 0.0658. The monoisotopic (exact) mass is 724 g/mol. The standard InChI is InChI=1S/C34H44ClF3N6O4S/c1-39-30-26(34(36,37)38)17-22(18-27(30)35)19-29(31(45)42-12-6-24(7-13-42)41-10-3-2-4-11-41)48-33(47)43-14-8-25(9-15-43)44-16-5-23-20-49-21-28(23)40-32(44)46/h17-18,20-21,24-25,29,39H,2-16,19H2,1H3,(H,40,46)/t29-/m1/s1. The van der Waals surface area contributed by atoms with Gasteiger partial charge in [-0.1, -0.05) is 18.0 Å². The largest absolute Gasteiger partial charge is 0.436 e. The maximum atomic E-state index is 14.0. The van der Waals surface area contributed by atoms with Crippen molar-refractivity contribution >= 4 is 52.3 Å². The van der Waals surface area contributed by atoms with Crippen molar-refractivity contribution in [2.45, 2.75) is 82.2 Å². The number of fused-ring (bicyclic) bond motifs is 1. The van der Waals surface area contributed by atoms with Gasteiger partial charge in [0.05, 0.1) is 22.0 Å². The molecule has 4 aliphatic rings. The number of amides is 4. The Balaban J connectivity index is 1.13. The van der Waals surface area contributed by atoms with Gasteiger partial charge in [0.2, 0.25) is 0 Å². The van der Waals surface area contributed by atoms with Crippen molar-refractivity contribution in [1.82, 2.24) is 19.6 Å². The lowest BCUT2D eigenvalue weighted by Crippen LogP contribution is -2.53. The van der Waals surface area contributed by atoms with Crippen LogP contribution in [0.15, 0.2) is 22.9 Å². The number of likely N-dealkylation sites (tertiary alicyclic amines) is 3. The Labute approximate surface area is 293 Å². The van der Waals surface area contributed by atoms with Gasteiger partial charge < -0.3 is 35.0 Å². The second-order valence-electron chi connectivity index (χ2n) is 13.4. The number of anilines is 2. The molecule has 0 aliphatic carbocycles. The molecule has 6 rings (SSSR count). The van der Waals surface area contributed by atoms with Gasteiger partial charge in [-0.25, -0.2) is 9.59 Å². The molecule has 5 heterocycles. The third kappa shape index (κ3) is 8.23. The van der Waals surface area contributed by atoms with E-state index in [4.69, 9.17) is 16.3 Å². The molecule has 0 unspecified atom stereocenters. The van der Waals surface area contributed by atoms with Crippen LogP contribution >= 0.6 is 22.9 Å². The molecule has 1 aromatic heterocycles. The minimum Gasteiger partial charge on any atom is -0.436 e. The summed E-state index contributed by atoms with van der Waals surface area (Å²) in [6.45, 7) is 4.28. The average Bonchev–Trinajstić information content (AvgIpc) is 3.47. The average molecular weight is 725 g/mol. The normalized spacial score (nSPS) is 20.8. The molecule has 3 fully saturated rings. The number of hydrogen-bond acceptors (Lipinski definition) is 7. The van der Waals surface area contributed by atoms with E-state index >= 15 is 0 Å². The van der Waals surface area contributed by atoms with Crippen LogP contribution in [0, 0.1) is 0 Å². The fourth-order valence-corrected chi connectivity index (χ4v) is 8.81. The van der Waals surface area contributed by atoms with Crippen LogP contribution in [-0.2, 0) is 28.5 Å². The summed E-state index contributed by atoms with van der Waals surface area (Å²) in [5, 5.41) is 9.33. The molecule has 15 heteroatoms. The molecule has 3 saturated heterocycles. The molecular weight excluding hydrogens is 681 g/mol. The number of benzene rings is 1. The van der Waals surface area contributed by atoms with Gasteiger partial charge >= 0.3 is 18.3 Å². The lowest BCUT2D eigenvalue weighted by Gasteiger charge is -2.41. The van der Waals surface area contributed by atoms with Gasteiger partial charge in [-0.2, -0.15) is 13.2 Å². The maximum Gasteiger partial charge on any atom is 0.418 e. The first-order chi connectivity index (χ1) is 23.5. The van der Waals surface area contributed by atoms with Gasteiger partial charge in [0, 0.05) is 63.7 Å². The first kappa shape index (κ1) is 35.6. The Bertz CT molecular complexity index is 1500. The van der Waals surface area contributed by atoms with Crippen LogP contribution in [0.2, 0.25) is 5.02 Å². The maximum absolute atomic E-state index is 14.0. The first-order valence-electron chi connectivity index (χ1n) is 17.2. The summed E-state index contributed by atoms with van der Waals surface area (Å²) < 4.78 is 47.9. The Morgan fingerprint density at radius 1 is 0.980 bits per heavy atom. The number of nitrogens with zero attached hydrogens (tertiary/aromatic N) is 4. The van der Waals surface area contributed by atoms with Gasteiger partial charge in [-0.3, -0.25) is 4.79 Å². The Morgan fingerprint density at radius 2 is 1.65 bits per heavy atom. The van der Waals surface area contributed by atoms with Crippen molar-refractivity contribution in [3.63, 3.8) is 0 Å². The van der Waals surface area contributed by atoms with E-state index in [1.54, 1.807) is 16.2 Å². The van der Waals surface area contributed by atoms with E-state index in [9.17, 15) is 27.6 Å². The molecule has 2 N–H and O–H groups in total. The molecule has 2 aromatic rings. The topological polar surface area (TPSA) is 97.5 Å². The number of nitrogens with one attached hydrogen (secondary N) is 2. The van der Waals surface area contributed by atoms with E-state index in [0.717, 1.165) is 49.7 Å². The molecule has 0 bridgehead atoms. The molecule has 0 radical (unpaired) electrons. The highest BCUT2D eigenvalue weighted by molar-refractivity contribution is 7.08. The van der Waals surface area contributed by atoms with E-state index in [-0.39, 0.29) is 34.8 Å². The molecule has 1 atom stereocenters. The van der Waals surface area contributed by atoms with Crippen molar-refractivity contribution in [3.8, 4) is 0 Å². The minimum atomic E-state index is -4.69. The second kappa shape index (κ2) is 15.3. The highest BCUT2D eigenvalue weighted by Crippen LogP contribution is 2.40. The van der Waals surface area contributed by atoms with Gasteiger partial charge in [0.1, 0.15) is 0 Å². The summed E-state index contributed by atoms with van der Waals surface area (Å²) >= 11 is 7.83.